The second-order valence-corrected chi connectivity index (χ2v) is 2.41. The van der Waals surface area contributed by atoms with Crippen molar-refractivity contribution in [3.05, 3.63) is 17.5 Å². The molecular weight excluding hydrogens is 212 g/mol. The first-order valence-electron chi connectivity index (χ1n) is 4.70. The van der Waals surface area contributed by atoms with Gasteiger partial charge in [0, 0.05) is 6.54 Å². The molecule has 6 heteroatoms. The van der Waals surface area contributed by atoms with E-state index in [1.165, 1.54) is 0 Å². The lowest BCUT2D eigenvalue weighted by Crippen LogP contribution is -2.02. The molecule has 0 aliphatic heterocycles. The first-order valence-corrected chi connectivity index (χ1v) is 4.70. The fourth-order valence-corrected chi connectivity index (χ4v) is 0.988. The van der Waals surface area contributed by atoms with Crippen LogP contribution in [0.25, 0.3) is 0 Å². The van der Waals surface area contributed by atoms with Crippen LogP contribution in [0.1, 0.15) is 45.0 Å². The van der Waals surface area contributed by atoms with Crippen molar-refractivity contribution in [1.82, 2.24) is 9.78 Å². The van der Waals surface area contributed by atoms with Gasteiger partial charge in [0.15, 0.2) is 0 Å². The summed E-state index contributed by atoms with van der Waals surface area (Å²) in [5.41, 5.74) is -1.06. The number of nitrogens with zero attached hydrogens (tertiary/aromatic N) is 2. The molecule has 0 fully saturated rings. The zero-order chi connectivity index (χ0) is 12.0. The molecule has 0 unspecified atom stereocenters. The van der Waals surface area contributed by atoms with E-state index in [9.17, 15) is 17.6 Å². The first kappa shape index (κ1) is 13.9. The predicted octanol–water partition coefficient (Wildman–Crippen LogP) is 3.80. The van der Waals surface area contributed by atoms with Crippen LogP contribution in [-0.2, 0) is 6.54 Å². The summed E-state index contributed by atoms with van der Waals surface area (Å²) in [4.78, 5) is 0. The van der Waals surface area contributed by atoms with Crippen molar-refractivity contribution in [2.45, 2.75) is 40.2 Å². The fraction of sp³-hybridized carbons (Fsp3) is 0.667. The van der Waals surface area contributed by atoms with Crippen molar-refractivity contribution in [1.29, 1.82) is 0 Å². The lowest BCUT2D eigenvalue weighted by Gasteiger charge is -2.01. The maximum absolute atomic E-state index is 12.2. The van der Waals surface area contributed by atoms with Crippen molar-refractivity contribution in [2.75, 3.05) is 0 Å². The molecule has 0 aromatic carbocycles. The molecule has 1 heterocycles. The van der Waals surface area contributed by atoms with Crippen LogP contribution in [0.5, 0.6) is 0 Å². The molecule has 0 saturated carbocycles. The molecule has 0 atom stereocenters. The van der Waals surface area contributed by atoms with Crippen LogP contribution in [0.15, 0.2) is 6.07 Å². The molecule has 0 aliphatic rings. The third-order valence-corrected chi connectivity index (χ3v) is 1.58. The summed E-state index contributed by atoms with van der Waals surface area (Å²) in [6.07, 6.45) is -5.56. The number of rotatable bonds is 3. The predicted molar refractivity (Wildman–Crippen MR) is 49.2 cm³/mol. The van der Waals surface area contributed by atoms with Crippen molar-refractivity contribution in [3.8, 4) is 0 Å². The lowest BCUT2D eigenvalue weighted by molar-refractivity contribution is 0.139. The van der Waals surface area contributed by atoms with Crippen LogP contribution in [0.3, 0.4) is 0 Å². The smallest absolute Gasteiger partial charge is 0.264 e. The Morgan fingerprint density at radius 1 is 1.20 bits per heavy atom. The molecule has 0 spiro atoms. The highest BCUT2D eigenvalue weighted by Crippen LogP contribution is 2.24. The molecule has 1 aromatic rings. The van der Waals surface area contributed by atoms with E-state index >= 15 is 0 Å². The van der Waals surface area contributed by atoms with E-state index in [1.807, 2.05) is 13.8 Å². The molecule has 0 radical (unpaired) electrons. The van der Waals surface area contributed by atoms with E-state index in [0.29, 0.717) is 0 Å². The minimum absolute atomic E-state index is 0.159. The Balaban J connectivity index is 0.000000921. The van der Waals surface area contributed by atoms with Gasteiger partial charge in [0.25, 0.3) is 12.9 Å². The SMILES string of the molecule is CC.CCn1nc(C(F)F)cc1C(F)F. The fourth-order valence-electron chi connectivity index (χ4n) is 0.988. The summed E-state index contributed by atoms with van der Waals surface area (Å²) in [6.45, 7) is 5.72. The Kier molecular flexibility index (Phi) is 5.96. The highest BCUT2D eigenvalue weighted by atomic mass is 19.3. The molecule has 0 saturated heterocycles. The van der Waals surface area contributed by atoms with Crippen LogP contribution in [-0.4, -0.2) is 9.78 Å². The summed E-state index contributed by atoms with van der Waals surface area (Å²) in [6, 6.07) is 0.735. The van der Waals surface area contributed by atoms with E-state index in [1.54, 1.807) is 6.92 Å². The van der Waals surface area contributed by atoms with E-state index in [0.717, 1.165) is 10.7 Å². The van der Waals surface area contributed by atoms with Gasteiger partial charge in [-0.3, -0.25) is 4.68 Å². The highest BCUT2D eigenvalue weighted by molar-refractivity contribution is 5.12. The van der Waals surface area contributed by atoms with Gasteiger partial charge in [-0.1, -0.05) is 13.8 Å². The van der Waals surface area contributed by atoms with Crippen molar-refractivity contribution >= 4 is 0 Å². The Morgan fingerprint density at radius 3 is 2.00 bits per heavy atom. The van der Waals surface area contributed by atoms with Crippen LogP contribution >= 0.6 is 0 Å². The Hall–Kier alpha value is -1.07. The molecule has 88 valence electrons. The third kappa shape index (κ3) is 3.53. The van der Waals surface area contributed by atoms with Gasteiger partial charge in [-0.25, -0.2) is 17.6 Å². The van der Waals surface area contributed by atoms with Gasteiger partial charge in [0.2, 0.25) is 0 Å². The normalized spacial score (nSPS) is 10.5. The van der Waals surface area contributed by atoms with Crippen LogP contribution in [0.2, 0.25) is 0 Å². The number of aryl methyl sites for hydroxylation is 1. The molecular formula is C9H14F4N2. The van der Waals surface area contributed by atoms with Crippen molar-refractivity contribution in [2.24, 2.45) is 0 Å². The molecule has 2 nitrogen and oxygen atoms in total. The summed E-state index contributed by atoms with van der Waals surface area (Å²) < 4.78 is 49.3. The highest BCUT2D eigenvalue weighted by Gasteiger charge is 2.19. The number of aromatic nitrogens is 2. The van der Waals surface area contributed by atoms with Crippen molar-refractivity contribution < 1.29 is 17.6 Å². The number of alkyl halides is 4. The minimum atomic E-state index is -2.80. The van der Waals surface area contributed by atoms with E-state index in [2.05, 4.69) is 5.10 Å². The Bertz CT molecular complexity index is 284. The Morgan fingerprint density at radius 2 is 1.73 bits per heavy atom. The molecule has 0 aliphatic carbocycles. The quantitative estimate of drug-likeness (QED) is 0.716. The average molecular weight is 226 g/mol. The standard InChI is InChI=1S/C7H8F4N2.C2H6/c1-2-13-5(7(10)11)3-4(12-13)6(8)9;1-2/h3,6-7H,2H2,1H3;1-2H3. The van der Waals surface area contributed by atoms with E-state index < -0.39 is 24.2 Å². The van der Waals surface area contributed by atoms with Crippen LogP contribution < -0.4 is 0 Å². The average Bonchev–Trinajstić information content (AvgIpc) is 2.64. The second kappa shape index (κ2) is 6.42. The summed E-state index contributed by atoms with van der Waals surface area (Å²) in [7, 11) is 0. The number of hydrogen-bond donors (Lipinski definition) is 0. The summed E-state index contributed by atoms with van der Waals surface area (Å²) >= 11 is 0. The minimum Gasteiger partial charge on any atom is -0.264 e. The molecule has 15 heavy (non-hydrogen) atoms. The molecule has 1 rings (SSSR count). The van der Waals surface area contributed by atoms with E-state index in [-0.39, 0.29) is 6.54 Å². The maximum atomic E-state index is 12.2. The second-order valence-electron chi connectivity index (χ2n) is 2.41. The third-order valence-electron chi connectivity index (χ3n) is 1.58. The lowest BCUT2D eigenvalue weighted by atomic mass is 10.3. The van der Waals surface area contributed by atoms with Gasteiger partial charge >= 0.3 is 0 Å². The zero-order valence-electron chi connectivity index (χ0n) is 8.85. The maximum Gasteiger partial charge on any atom is 0.282 e. The van der Waals surface area contributed by atoms with Gasteiger partial charge < -0.3 is 0 Å². The van der Waals surface area contributed by atoms with Gasteiger partial charge in [0.05, 0.1) is 0 Å². The Labute approximate surface area is 85.9 Å². The van der Waals surface area contributed by atoms with Crippen LogP contribution in [0, 0.1) is 0 Å². The monoisotopic (exact) mass is 226 g/mol. The first-order chi connectivity index (χ1) is 7.06. The molecule has 0 N–H and O–H groups in total. The molecule has 0 amide bonds. The van der Waals surface area contributed by atoms with Gasteiger partial charge in [-0.05, 0) is 13.0 Å². The van der Waals surface area contributed by atoms with Crippen molar-refractivity contribution in [3.63, 3.8) is 0 Å². The topological polar surface area (TPSA) is 17.8 Å². The van der Waals surface area contributed by atoms with Crippen LogP contribution in [0.4, 0.5) is 17.6 Å². The molecule has 0 bridgehead atoms. The summed E-state index contributed by atoms with van der Waals surface area (Å²) in [5, 5.41) is 3.34. The van der Waals surface area contributed by atoms with Gasteiger partial charge in [-0.15, -0.1) is 0 Å². The summed E-state index contributed by atoms with van der Waals surface area (Å²) in [5.74, 6) is 0. The largest absolute Gasteiger partial charge is 0.282 e. The zero-order valence-corrected chi connectivity index (χ0v) is 8.85. The molecule has 1 aromatic heterocycles. The number of hydrogen-bond acceptors (Lipinski definition) is 1. The number of halogens is 4. The van der Waals surface area contributed by atoms with Gasteiger partial charge in [-0.2, -0.15) is 5.10 Å². The van der Waals surface area contributed by atoms with Gasteiger partial charge in [0.1, 0.15) is 11.4 Å². The van der Waals surface area contributed by atoms with E-state index in [4.69, 9.17) is 0 Å².